The summed E-state index contributed by atoms with van der Waals surface area (Å²) in [4.78, 5) is 27.8. The summed E-state index contributed by atoms with van der Waals surface area (Å²) < 4.78 is 33.6. The molecule has 8 nitrogen and oxygen atoms in total. The predicted molar refractivity (Wildman–Crippen MR) is 163 cm³/mol. The minimum absolute atomic E-state index is 0.102. The highest BCUT2D eigenvalue weighted by Gasteiger charge is 2.26. The van der Waals surface area contributed by atoms with E-state index in [1.54, 1.807) is 67.5 Å². The van der Waals surface area contributed by atoms with E-state index in [4.69, 9.17) is 4.74 Å². The van der Waals surface area contributed by atoms with Crippen molar-refractivity contribution >= 4 is 33.2 Å². The van der Waals surface area contributed by atoms with Crippen LogP contribution in [0.2, 0.25) is 0 Å². The largest absolute Gasteiger partial charge is 0.497 e. The van der Waals surface area contributed by atoms with Crippen LogP contribution in [0, 0.1) is 0 Å². The molecule has 1 aliphatic rings. The highest BCUT2D eigenvalue weighted by molar-refractivity contribution is 7.89. The van der Waals surface area contributed by atoms with E-state index in [1.165, 1.54) is 0 Å². The molecular formula is C33H33N3O5S. The summed E-state index contributed by atoms with van der Waals surface area (Å²) in [6.45, 7) is 2.38. The maximum absolute atomic E-state index is 13.2. The molecule has 4 aromatic rings. The number of amides is 2. The van der Waals surface area contributed by atoms with Crippen molar-refractivity contribution in [2.45, 2.75) is 37.1 Å². The number of methoxy groups -OCH3 is 1. The van der Waals surface area contributed by atoms with Gasteiger partial charge >= 0.3 is 0 Å². The van der Waals surface area contributed by atoms with Crippen LogP contribution >= 0.6 is 0 Å². The molecular weight excluding hydrogens is 550 g/mol. The highest BCUT2D eigenvalue weighted by atomic mass is 32.2. The van der Waals surface area contributed by atoms with E-state index < -0.39 is 10.0 Å². The Morgan fingerprint density at radius 1 is 0.929 bits per heavy atom. The zero-order chi connectivity index (χ0) is 29.7. The van der Waals surface area contributed by atoms with Gasteiger partial charge in [-0.15, -0.1) is 0 Å². The topological polar surface area (TPSA) is 105 Å². The summed E-state index contributed by atoms with van der Waals surface area (Å²) in [6, 6.07) is 28.2. The number of hydrogen-bond donors (Lipinski definition) is 2. The Bertz CT molecular complexity index is 1670. The Morgan fingerprint density at radius 3 is 2.33 bits per heavy atom. The number of carbonyl (C=O) groups excluding carboxylic acids is 2. The van der Waals surface area contributed by atoms with Crippen molar-refractivity contribution in [1.82, 2.24) is 4.72 Å². The fourth-order valence-electron chi connectivity index (χ4n) is 4.98. The molecule has 216 valence electrons. The van der Waals surface area contributed by atoms with E-state index in [2.05, 4.69) is 10.0 Å². The van der Waals surface area contributed by atoms with Gasteiger partial charge in [-0.3, -0.25) is 9.59 Å². The summed E-state index contributed by atoms with van der Waals surface area (Å²) in [5.41, 5.74) is 4.76. The van der Waals surface area contributed by atoms with Crippen LogP contribution in [-0.2, 0) is 27.7 Å². The monoisotopic (exact) mass is 583 g/mol. The Hall–Kier alpha value is -4.47. The number of benzene rings is 4. The first-order valence-corrected chi connectivity index (χ1v) is 15.3. The second-order valence-electron chi connectivity index (χ2n) is 10.2. The Kier molecular flexibility index (Phi) is 8.70. The molecule has 5 rings (SSSR count). The molecule has 0 bridgehead atoms. The molecule has 1 aliphatic heterocycles. The van der Waals surface area contributed by atoms with Crippen molar-refractivity contribution in [2.75, 3.05) is 23.9 Å². The number of nitrogens with zero attached hydrogens (tertiary/aromatic N) is 1. The summed E-state index contributed by atoms with van der Waals surface area (Å²) >= 11 is 0. The smallest absolute Gasteiger partial charge is 0.258 e. The van der Waals surface area contributed by atoms with Gasteiger partial charge in [0.05, 0.1) is 12.0 Å². The van der Waals surface area contributed by atoms with Gasteiger partial charge in [-0.1, -0.05) is 48.5 Å². The zero-order valence-electron chi connectivity index (χ0n) is 23.5. The summed E-state index contributed by atoms with van der Waals surface area (Å²) in [6.07, 6.45) is 1.42. The van der Waals surface area contributed by atoms with Gasteiger partial charge in [-0.25, -0.2) is 13.1 Å². The van der Waals surface area contributed by atoms with Crippen molar-refractivity contribution in [2.24, 2.45) is 0 Å². The van der Waals surface area contributed by atoms with E-state index >= 15 is 0 Å². The van der Waals surface area contributed by atoms with E-state index in [0.717, 1.165) is 28.8 Å². The van der Waals surface area contributed by atoms with E-state index in [9.17, 15) is 18.0 Å². The lowest BCUT2D eigenvalue weighted by atomic mass is 10.1. The fraction of sp³-hybridized carbons (Fsp3) is 0.212. The van der Waals surface area contributed by atoms with Gasteiger partial charge in [0.15, 0.2) is 0 Å². The number of nitrogens with one attached hydrogen (secondary N) is 2. The number of fused-ring (bicyclic) bond motifs is 1. The van der Waals surface area contributed by atoms with Gasteiger partial charge in [0.1, 0.15) is 5.75 Å². The van der Waals surface area contributed by atoms with Crippen LogP contribution in [0.4, 0.5) is 11.4 Å². The quantitative estimate of drug-likeness (QED) is 0.256. The lowest BCUT2D eigenvalue weighted by Crippen LogP contribution is -2.28. The molecule has 0 saturated heterocycles. The second-order valence-corrected chi connectivity index (χ2v) is 11.9. The molecule has 0 fully saturated rings. The average molecular weight is 584 g/mol. The van der Waals surface area contributed by atoms with Gasteiger partial charge < -0.3 is 15.0 Å². The van der Waals surface area contributed by atoms with Crippen LogP contribution in [0.1, 0.15) is 46.4 Å². The van der Waals surface area contributed by atoms with Gasteiger partial charge in [0.2, 0.25) is 15.9 Å². The van der Waals surface area contributed by atoms with Crippen LogP contribution in [-0.4, -0.2) is 33.9 Å². The Morgan fingerprint density at radius 2 is 1.64 bits per heavy atom. The van der Waals surface area contributed by atoms with Crippen molar-refractivity contribution in [1.29, 1.82) is 0 Å². The molecule has 9 heteroatoms. The molecule has 0 radical (unpaired) electrons. The van der Waals surface area contributed by atoms with E-state index in [-0.39, 0.29) is 29.2 Å². The number of carbonyl (C=O) groups is 2. The summed E-state index contributed by atoms with van der Waals surface area (Å²) in [5, 5.41) is 2.93. The summed E-state index contributed by atoms with van der Waals surface area (Å²) in [5.74, 6) is 0.413. The predicted octanol–water partition coefficient (Wildman–Crippen LogP) is 5.51. The van der Waals surface area contributed by atoms with E-state index in [0.29, 0.717) is 30.0 Å². The van der Waals surface area contributed by atoms with Crippen molar-refractivity contribution in [3.63, 3.8) is 0 Å². The first-order chi connectivity index (χ1) is 20.2. The first kappa shape index (κ1) is 29.0. The van der Waals surface area contributed by atoms with Crippen LogP contribution in [0.5, 0.6) is 5.75 Å². The van der Waals surface area contributed by atoms with Crippen molar-refractivity contribution < 1.29 is 22.7 Å². The molecule has 2 N–H and O–H groups in total. The normalized spacial score (nSPS) is 13.3. The van der Waals surface area contributed by atoms with Crippen LogP contribution in [0.3, 0.4) is 0 Å². The number of aryl methyl sites for hydroxylation is 1. The molecule has 0 spiro atoms. The average Bonchev–Trinajstić information content (AvgIpc) is 3.43. The molecule has 2 amide bonds. The zero-order valence-corrected chi connectivity index (χ0v) is 24.4. The minimum atomic E-state index is -3.70. The number of sulfonamides is 1. The number of hydrogen-bond acceptors (Lipinski definition) is 5. The van der Waals surface area contributed by atoms with Gasteiger partial charge in [-0.05, 0) is 85.0 Å². The minimum Gasteiger partial charge on any atom is -0.497 e. The molecule has 0 aliphatic carbocycles. The lowest BCUT2D eigenvalue weighted by Gasteiger charge is -2.18. The van der Waals surface area contributed by atoms with Crippen molar-refractivity contribution in [3.8, 4) is 5.75 Å². The number of anilines is 2. The van der Waals surface area contributed by atoms with Gasteiger partial charge in [0, 0.05) is 35.9 Å². The second kappa shape index (κ2) is 12.6. The molecule has 1 heterocycles. The Labute approximate surface area is 246 Å². The van der Waals surface area contributed by atoms with Crippen LogP contribution < -0.4 is 19.7 Å². The highest BCUT2D eigenvalue weighted by Crippen LogP contribution is 2.32. The van der Waals surface area contributed by atoms with Gasteiger partial charge in [0.25, 0.3) is 5.91 Å². The molecule has 0 unspecified atom stereocenters. The third kappa shape index (κ3) is 6.70. The van der Waals surface area contributed by atoms with E-state index in [1.807, 2.05) is 48.5 Å². The number of ether oxygens (including phenoxy) is 1. The van der Waals surface area contributed by atoms with Crippen LogP contribution in [0.15, 0.2) is 102 Å². The SMILES string of the molecule is COc1ccc(C(=O)N2CCc3ccc(NC(=O)CCc4ccc(S(=O)(=O)N[C@@H](C)c5ccccc5)cc4)cc32)cc1. The third-order valence-corrected chi connectivity index (χ3v) is 8.91. The molecule has 4 aromatic carbocycles. The maximum atomic E-state index is 13.2. The lowest BCUT2D eigenvalue weighted by molar-refractivity contribution is -0.116. The Balaban J connectivity index is 1.17. The third-order valence-electron chi connectivity index (χ3n) is 7.35. The first-order valence-electron chi connectivity index (χ1n) is 13.8. The maximum Gasteiger partial charge on any atom is 0.258 e. The standard InChI is InChI=1S/C33H33N3O5S/c1-23(25-6-4-3-5-7-25)35-42(39,40)30-17-8-24(9-18-30)10-19-32(37)34-28-14-11-26-20-21-36(31(26)22-28)33(38)27-12-15-29(41-2)16-13-27/h3-9,11-18,22-23,35H,10,19-21H2,1-2H3,(H,34,37)/t23-/m0/s1. The van der Waals surface area contributed by atoms with Crippen molar-refractivity contribution in [3.05, 3.63) is 119 Å². The fourth-order valence-corrected chi connectivity index (χ4v) is 6.22. The van der Waals surface area contributed by atoms with Gasteiger partial charge in [-0.2, -0.15) is 0 Å². The molecule has 42 heavy (non-hydrogen) atoms. The number of rotatable bonds is 10. The molecule has 1 atom stereocenters. The molecule has 0 saturated carbocycles. The summed E-state index contributed by atoms with van der Waals surface area (Å²) in [7, 11) is -2.11. The van der Waals surface area contributed by atoms with Crippen LogP contribution in [0.25, 0.3) is 0 Å². The molecule has 0 aromatic heterocycles.